The molecule has 1 heterocycles. The third-order valence-corrected chi connectivity index (χ3v) is 3.40. The Bertz CT molecular complexity index is 699. The zero-order valence-corrected chi connectivity index (χ0v) is 11.4. The Morgan fingerprint density at radius 2 is 1.85 bits per heavy atom. The lowest BCUT2D eigenvalue weighted by molar-refractivity contribution is -0.110. The van der Waals surface area contributed by atoms with Crippen molar-refractivity contribution in [2.24, 2.45) is 0 Å². The van der Waals surface area contributed by atoms with E-state index in [1.54, 1.807) is 7.11 Å². The first-order valence-electron chi connectivity index (χ1n) is 6.45. The van der Waals surface area contributed by atoms with Gasteiger partial charge in [0.05, 0.1) is 12.8 Å². The first kappa shape index (κ1) is 12.5. The molecule has 0 bridgehead atoms. The molecule has 1 amide bonds. The average molecular weight is 265 g/mol. The van der Waals surface area contributed by atoms with E-state index in [-0.39, 0.29) is 5.91 Å². The lowest BCUT2D eigenvalue weighted by Crippen LogP contribution is -2.03. The van der Waals surface area contributed by atoms with Crippen LogP contribution in [-0.4, -0.2) is 13.0 Å². The second-order valence-electron chi connectivity index (χ2n) is 4.83. The van der Waals surface area contributed by atoms with Gasteiger partial charge in [0.15, 0.2) is 0 Å². The zero-order valence-electron chi connectivity index (χ0n) is 11.4. The van der Waals surface area contributed by atoms with E-state index in [2.05, 4.69) is 5.32 Å². The molecule has 1 aliphatic heterocycles. The molecule has 100 valence electrons. The van der Waals surface area contributed by atoms with Gasteiger partial charge in [-0.25, -0.2) is 0 Å². The standard InChI is InChI=1S/C17H15NO2/c1-11-3-5-12(6-4-11)9-15-14-8-7-13(20-2)10-16(14)18-17(15)19/h3-10H,1-2H3,(H,18,19). The lowest BCUT2D eigenvalue weighted by Gasteiger charge is -2.02. The number of ether oxygens (including phenoxy) is 1. The minimum absolute atomic E-state index is 0.0752. The maximum atomic E-state index is 12.1. The molecule has 0 saturated heterocycles. The third kappa shape index (κ3) is 2.18. The van der Waals surface area contributed by atoms with Gasteiger partial charge >= 0.3 is 0 Å². The molecule has 0 aliphatic carbocycles. The molecule has 20 heavy (non-hydrogen) atoms. The Morgan fingerprint density at radius 1 is 1.10 bits per heavy atom. The molecule has 0 spiro atoms. The van der Waals surface area contributed by atoms with Crippen LogP contribution in [0.1, 0.15) is 16.7 Å². The number of hydrogen-bond acceptors (Lipinski definition) is 2. The molecular formula is C17H15NO2. The molecule has 2 aromatic rings. The molecule has 0 aromatic heterocycles. The Kier molecular flexibility index (Phi) is 3.03. The molecular weight excluding hydrogens is 250 g/mol. The number of hydrogen-bond donors (Lipinski definition) is 1. The van der Waals surface area contributed by atoms with Gasteiger partial charge in [-0.3, -0.25) is 4.79 Å². The highest BCUT2D eigenvalue weighted by molar-refractivity contribution is 6.35. The van der Waals surface area contributed by atoms with Crippen molar-refractivity contribution in [3.05, 3.63) is 59.2 Å². The van der Waals surface area contributed by atoms with Crippen molar-refractivity contribution in [2.75, 3.05) is 12.4 Å². The van der Waals surface area contributed by atoms with Gasteiger partial charge in [0, 0.05) is 17.2 Å². The van der Waals surface area contributed by atoms with Crippen LogP contribution in [0, 0.1) is 6.92 Å². The SMILES string of the molecule is COc1ccc2c(c1)NC(=O)C2=Cc1ccc(C)cc1. The molecule has 3 nitrogen and oxygen atoms in total. The van der Waals surface area contributed by atoms with Crippen molar-refractivity contribution in [3.63, 3.8) is 0 Å². The third-order valence-electron chi connectivity index (χ3n) is 3.40. The van der Waals surface area contributed by atoms with Gasteiger partial charge < -0.3 is 10.1 Å². The predicted octanol–water partition coefficient (Wildman–Crippen LogP) is 3.50. The second-order valence-corrected chi connectivity index (χ2v) is 4.83. The van der Waals surface area contributed by atoms with Gasteiger partial charge in [0.1, 0.15) is 5.75 Å². The Labute approximate surface area is 117 Å². The van der Waals surface area contributed by atoms with Gasteiger partial charge in [-0.15, -0.1) is 0 Å². The fraction of sp³-hybridized carbons (Fsp3) is 0.118. The Balaban J connectivity index is 2.03. The molecule has 2 aromatic carbocycles. The summed E-state index contributed by atoms with van der Waals surface area (Å²) >= 11 is 0. The summed E-state index contributed by atoms with van der Waals surface area (Å²) in [5, 5.41) is 2.87. The fourth-order valence-corrected chi connectivity index (χ4v) is 2.27. The van der Waals surface area contributed by atoms with Crippen LogP contribution in [0.5, 0.6) is 5.75 Å². The van der Waals surface area contributed by atoms with E-state index in [0.29, 0.717) is 5.57 Å². The van der Waals surface area contributed by atoms with Crippen LogP contribution in [0.15, 0.2) is 42.5 Å². The molecule has 0 fully saturated rings. The van der Waals surface area contributed by atoms with E-state index in [9.17, 15) is 4.79 Å². The number of carbonyl (C=O) groups is 1. The summed E-state index contributed by atoms with van der Waals surface area (Å²) < 4.78 is 5.17. The molecule has 1 N–H and O–H groups in total. The second kappa shape index (κ2) is 4.85. The summed E-state index contributed by atoms with van der Waals surface area (Å²) in [6, 6.07) is 13.7. The zero-order chi connectivity index (χ0) is 14.1. The first-order chi connectivity index (χ1) is 9.67. The lowest BCUT2D eigenvalue weighted by atomic mass is 10.0. The van der Waals surface area contributed by atoms with Gasteiger partial charge in [-0.05, 0) is 30.7 Å². The van der Waals surface area contributed by atoms with Crippen LogP contribution >= 0.6 is 0 Å². The van der Waals surface area contributed by atoms with Crippen LogP contribution in [0.3, 0.4) is 0 Å². The minimum atomic E-state index is -0.0752. The minimum Gasteiger partial charge on any atom is -0.497 e. The molecule has 3 heteroatoms. The number of amides is 1. The van der Waals surface area contributed by atoms with Crippen molar-refractivity contribution in [2.45, 2.75) is 6.92 Å². The van der Waals surface area contributed by atoms with Crippen molar-refractivity contribution in [3.8, 4) is 5.75 Å². The number of methoxy groups -OCH3 is 1. The number of nitrogens with one attached hydrogen (secondary N) is 1. The van der Waals surface area contributed by atoms with E-state index < -0.39 is 0 Å². The van der Waals surface area contributed by atoms with E-state index in [4.69, 9.17) is 4.74 Å². The highest BCUT2D eigenvalue weighted by atomic mass is 16.5. The van der Waals surface area contributed by atoms with Gasteiger partial charge in [0.25, 0.3) is 5.91 Å². The van der Waals surface area contributed by atoms with Gasteiger partial charge in [-0.2, -0.15) is 0 Å². The van der Waals surface area contributed by atoms with Crippen LogP contribution in [0.25, 0.3) is 11.6 Å². The summed E-state index contributed by atoms with van der Waals surface area (Å²) in [7, 11) is 1.61. The number of carbonyl (C=O) groups excluding carboxylic acids is 1. The Morgan fingerprint density at radius 3 is 2.55 bits per heavy atom. The smallest absolute Gasteiger partial charge is 0.256 e. The maximum absolute atomic E-state index is 12.1. The predicted molar refractivity (Wildman–Crippen MR) is 80.7 cm³/mol. The van der Waals surface area contributed by atoms with Crippen LogP contribution in [-0.2, 0) is 4.79 Å². The van der Waals surface area contributed by atoms with Crippen LogP contribution < -0.4 is 10.1 Å². The highest BCUT2D eigenvalue weighted by Gasteiger charge is 2.24. The maximum Gasteiger partial charge on any atom is 0.256 e. The monoisotopic (exact) mass is 265 g/mol. The largest absolute Gasteiger partial charge is 0.497 e. The molecule has 0 atom stereocenters. The highest BCUT2D eigenvalue weighted by Crippen LogP contribution is 2.35. The number of aryl methyl sites for hydroxylation is 1. The van der Waals surface area contributed by atoms with E-state index in [1.165, 1.54) is 5.56 Å². The number of benzene rings is 2. The van der Waals surface area contributed by atoms with Crippen molar-refractivity contribution < 1.29 is 9.53 Å². The normalized spacial score (nSPS) is 15.1. The number of anilines is 1. The summed E-state index contributed by atoms with van der Waals surface area (Å²) in [4.78, 5) is 12.1. The summed E-state index contributed by atoms with van der Waals surface area (Å²) in [5.41, 5.74) is 4.62. The fourth-order valence-electron chi connectivity index (χ4n) is 2.27. The summed E-state index contributed by atoms with van der Waals surface area (Å²) in [6.07, 6.45) is 1.91. The van der Waals surface area contributed by atoms with Crippen LogP contribution in [0.4, 0.5) is 5.69 Å². The van der Waals surface area contributed by atoms with E-state index >= 15 is 0 Å². The Hall–Kier alpha value is -2.55. The first-order valence-corrected chi connectivity index (χ1v) is 6.45. The van der Waals surface area contributed by atoms with E-state index in [1.807, 2.05) is 55.5 Å². The summed E-state index contributed by atoms with van der Waals surface area (Å²) in [6.45, 7) is 2.04. The van der Waals surface area contributed by atoms with E-state index in [0.717, 1.165) is 22.6 Å². The summed E-state index contributed by atoms with van der Waals surface area (Å²) in [5.74, 6) is 0.662. The topological polar surface area (TPSA) is 38.3 Å². The number of fused-ring (bicyclic) bond motifs is 1. The van der Waals surface area contributed by atoms with Gasteiger partial charge in [0.2, 0.25) is 0 Å². The van der Waals surface area contributed by atoms with Crippen molar-refractivity contribution >= 4 is 23.2 Å². The number of rotatable bonds is 2. The molecule has 1 aliphatic rings. The van der Waals surface area contributed by atoms with Gasteiger partial charge in [-0.1, -0.05) is 29.8 Å². The molecule has 0 radical (unpaired) electrons. The molecule has 0 saturated carbocycles. The quantitative estimate of drug-likeness (QED) is 0.844. The van der Waals surface area contributed by atoms with Crippen LogP contribution in [0.2, 0.25) is 0 Å². The van der Waals surface area contributed by atoms with Crippen molar-refractivity contribution in [1.82, 2.24) is 0 Å². The molecule has 3 rings (SSSR count). The average Bonchev–Trinajstić information content (AvgIpc) is 2.76. The van der Waals surface area contributed by atoms with Crippen molar-refractivity contribution in [1.29, 1.82) is 0 Å². The molecule has 0 unspecified atom stereocenters.